The van der Waals surface area contributed by atoms with Crippen molar-refractivity contribution >= 4 is 40.9 Å². The van der Waals surface area contributed by atoms with Gasteiger partial charge in [0.2, 0.25) is 0 Å². The lowest BCUT2D eigenvalue weighted by Crippen LogP contribution is -2.21. The molecule has 0 bridgehead atoms. The van der Waals surface area contributed by atoms with Crippen molar-refractivity contribution in [1.29, 1.82) is 0 Å². The molecule has 0 atom stereocenters. The van der Waals surface area contributed by atoms with Crippen molar-refractivity contribution in [2.24, 2.45) is 0 Å². The Morgan fingerprint density at radius 1 is 1.32 bits per heavy atom. The van der Waals surface area contributed by atoms with E-state index < -0.39 is 18.5 Å². The summed E-state index contributed by atoms with van der Waals surface area (Å²) in [7, 11) is 0. The van der Waals surface area contributed by atoms with Gasteiger partial charge >= 0.3 is 5.97 Å². The van der Waals surface area contributed by atoms with Gasteiger partial charge in [-0.25, -0.2) is 9.78 Å². The van der Waals surface area contributed by atoms with E-state index in [4.69, 9.17) is 32.4 Å². The zero-order valence-electron chi connectivity index (χ0n) is 11.8. The molecule has 0 aliphatic carbocycles. The molecule has 1 amide bonds. The fourth-order valence-electron chi connectivity index (χ4n) is 1.72. The monoisotopic (exact) mass is 342 g/mol. The minimum absolute atomic E-state index is 0.141. The Kier molecular flexibility index (Phi) is 5.05. The highest BCUT2D eigenvalue weighted by Crippen LogP contribution is 2.22. The zero-order chi connectivity index (χ0) is 16.3. The highest BCUT2D eigenvalue weighted by atomic mass is 35.5. The number of hydrogen-bond donors (Lipinski definition) is 1. The maximum Gasteiger partial charge on any atom is 0.342 e. The van der Waals surface area contributed by atoms with Crippen LogP contribution in [0.2, 0.25) is 10.0 Å². The van der Waals surface area contributed by atoms with E-state index in [9.17, 15) is 9.59 Å². The number of aryl methyl sites for hydroxylation is 2. The minimum atomic E-state index is -0.639. The molecule has 0 aromatic carbocycles. The molecule has 0 spiro atoms. The summed E-state index contributed by atoms with van der Waals surface area (Å²) in [6, 6.07) is 2.99. The number of anilines is 1. The van der Waals surface area contributed by atoms with Gasteiger partial charge in [0.25, 0.3) is 5.91 Å². The third kappa shape index (κ3) is 3.99. The molecule has 2 heterocycles. The Balaban J connectivity index is 1.92. The van der Waals surface area contributed by atoms with E-state index in [-0.39, 0.29) is 16.4 Å². The molecule has 2 rings (SSSR count). The molecule has 0 aliphatic rings. The van der Waals surface area contributed by atoms with Crippen LogP contribution in [0.25, 0.3) is 0 Å². The zero-order valence-corrected chi connectivity index (χ0v) is 13.3. The van der Waals surface area contributed by atoms with Crippen LogP contribution in [0.4, 0.5) is 5.82 Å². The molecular formula is C14H12Cl2N2O4. The van der Waals surface area contributed by atoms with Crippen LogP contribution < -0.4 is 5.32 Å². The predicted octanol–water partition coefficient (Wildman–Crippen LogP) is 3.39. The highest BCUT2D eigenvalue weighted by molar-refractivity contribution is 6.36. The van der Waals surface area contributed by atoms with Crippen LogP contribution in [-0.2, 0) is 9.53 Å². The van der Waals surface area contributed by atoms with Gasteiger partial charge in [-0.1, -0.05) is 23.2 Å². The summed E-state index contributed by atoms with van der Waals surface area (Å²) in [6.07, 6.45) is 1.34. The summed E-state index contributed by atoms with van der Waals surface area (Å²) in [4.78, 5) is 27.4. The third-order valence-electron chi connectivity index (χ3n) is 2.66. The molecule has 0 unspecified atom stereocenters. The van der Waals surface area contributed by atoms with Gasteiger partial charge in [-0.15, -0.1) is 0 Å². The lowest BCUT2D eigenvalue weighted by molar-refractivity contribution is -0.119. The Bertz CT molecular complexity index is 728. The Morgan fingerprint density at radius 3 is 2.64 bits per heavy atom. The average molecular weight is 343 g/mol. The Morgan fingerprint density at radius 2 is 2.05 bits per heavy atom. The molecule has 8 heteroatoms. The van der Waals surface area contributed by atoms with Crippen LogP contribution in [0.3, 0.4) is 0 Å². The van der Waals surface area contributed by atoms with Crippen LogP contribution in [0, 0.1) is 13.8 Å². The molecule has 0 aliphatic heterocycles. The predicted molar refractivity (Wildman–Crippen MR) is 81.4 cm³/mol. The summed E-state index contributed by atoms with van der Waals surface area (Å²) in [5.74, 6) is -0.0403. The molecule has 116 valence electrons. The first kappa shape index (κ1) is 16.3. The van der Waals surface area contributed by atoms with Gasteiger partial charge in [-0.2, -0.15) is 0 Å². The van der Waals surface area contributed by atoms with E-state index in [1.807, 2.05) is 0 Å². The Labute approximate surface area is 136 Å². The van der Waals surface area contributed by atoms with Gasteiger partial charge in [0.05, 0.1) is 10.0 Å². The highest BCUT2D eigenvalue weighted by Gasteiger charge is 2.17. The molecule has 1 N–H and O–H groups in total. The number of rotatable bonds is 4. The summed E-state index contributed by atoms with van der Waals surface area (Å²) in [5, 5.41) is 2.96. The van der Waals surface area contributed by atoms with E-state index in [1.54, 1.807) is 19.9 Å². The molecule has 0 radical (unpaired) electrons. The molecule has 0 fully saturated rings. The molecule has 0 saturated carbocycles. The van der Waals surface area contributed by atoms with E-state index in [0.717, 1.165) is 0 Å². The Hall–Kier alpha value is -2.05. The van der Waals surface area contributed by atoms with Gasteiger partial charge in [-0.3, -0.25) is 4.79 Å². The van der Waals surface area contributed by atoms with Gasteiger partial charge < -0.3 is 14.5 Å². The first-order chi connectivity index (χ1) is 10.4. The van der Waals surface area contributed by atoms with Gasteiger partial charge in [0, 0.05) is 6.20 Å². The molecule has 2 aromatic rings. The van der Waals surface area contributed by atoms with Crippen molar-refractivity contribution in [3.8, 4) is 0 Å². The lowest BCUT2D eigenvalue weighted by Gasteiger charge is -2.07. The van der Waals surface area contributed by atoms with Gasteiger partial charge in [-0.05, 0) is 26.0 Å². The maximum absolute atomic E-state index is 11.8. The largest absolute Gasteiger partial charge is 0.466 e. The average Bonchev–Trinajstić information content (AvgIpc) is 2.78. The SMILES string of the molecule is Cc1cc(C(=O)OCC(=O)Nc2ncc(Cl)cc2Cl)c(C)o1. The molecule has 6 nitrogen and oxygen atoms in total. The number of nitrogens with one attached hydrogen (secondary N) is 1. The smallest absolute Gasteiger partial charge is 0.342 e. The van der Waals surface area contributed by atoms with E-state index in [1.165, 1.54) is 12.3 Å². The molecule has 22 heavy (non-hydrogen) atoms. The van der Waals surface area contributed by atoms with E-state index in [0.29, 0.717) is 16.5 Å². The fraction of sp³-hybridized carbons (Fsp3) is 0.214. The normalized spacial score (nSPS) is 10.4. The van der Waals surface area contributed by atoms with Crippen LogP contribution >= 0.6 is 23.2 Å². The number of halogens is 2. The molecule has 2 aromatic heterocycles. The van der Waals surface area contributed by atoms with Crippen molar-refractivity contribution in [2.75, 3.05) is 11.9 Å². The van der Waals surface area contributed by atoms with Crippen LogP contribution in [0.5, 0.6) is 0 Å². The second-order valence-electron chi connectivity index (χ2n) is 4.44. The maximum atomic E-state index is 11.8. The summed E-state index contributed by atoms with van der Waals surface area (Å²) in [6.45, 7) is 2.88. The summed E-state index contributed by atoms with van der Waals surface area (Å²) >= 11 is 11.6. The number of aromatic nitrogens is 1. The van der Waals surface area contributed by atoms with E-state index in [2.05, 4.69) is 10.3 Å². The number of nitrogens with zero attached hydrogens (tertiary/aromatic N) is 1. The van der Waals surface area contributed by atoms with Gasteiger partial charge in [0.1, 0.15) is 17.1 Å². The second kappa shape index (κ2) is 6.81. The standard InChI is InChI=1S/C14H12Cl2N2O4/c1-7-3-10(8(2)22-7)14(20)21-6-12(19)18-13-11(16)4-9(15)5-17-13/h3-5H,6H2,1-2H3,(H,17,18,19). The minimum Gasteiger partial charge on any atom is -0.466 e. The number of carbonyl (C=O) groups is 2. The summed E-state index contributed by atoms with van der Waals surface area (Å²) < 4.78 is 10.1. The number of hydrogen-bond acceptors (Lipinski definition) is 5. The number of pyridine rings is 1. The first-order valence-corrected chi connectivity index (χ1v) is 6.97. The molecular weight excluding hydrogens is 331 g/mol. The number of furan rings is 1. The fourth-order valence-corrected chi connectivity index (χ4v) is 2.14. The quantitative estimate of drug-likeness (QED) is 0.861. The van der Waals surface area contributed by atoms with E-state index >= 15 is 0 Å². The van der Waals surface area contributed by atoms with Crippen LogP contribution in [0.1, 0.15) is 21.9 Å². The van der Waals surface area contributed by atoms with Crippen molar-refractivity contribution in [3.05, 3.63) is 45.5 Å². The molecule has 0 saturated heterocycles. The van der Waals surface area contributed by atoms with Gasteiger partial charge in [0.15, 0.2) is 12.4 Å². The summed E-state index contributed by atoms with van der Waals surface area (Å²) in [5.41, 5.74) is 0.285. The third-order valence-corrected chi connectivity index (χ3v) is 3.16. The first-order valence-electron chi connectivity index (χ1n) is 6.22. The topological polar surface area (TPSA) is 81.4 Å². The number of amides is 1. The van der Waals surface area contributed by atoms with Crippen molar-refractivity contribution < 1.29 is 18.7 Å². The van der Waals surface area contributed by atoms with Crippen LogP contribution in [-0.4, -0.2) is 23.5 Å². The number of esters is 1. The number of ether oxygens (including phenoxy) is 1. The van der Waals surface area contributed by atoms with Crippen molar-refractivity contribution in [1.82, 2.24) is 4.98 Å². The van der Waals surface area contributed by atoms with Crippen molar-refractivity contribution in [2.45, 2.75) is 13.8 Å². The van der Waals surface area contributed by atoms with Crippen LogP contribution in [0.15, 0.2) is 22.7 Å². The number of carbonyl (C=O) groups excluding carboxylic acids is 2. The second-order valence-corrected chi connectivity index (χ2v) is 5.28. The lowest BCUT2D eigenvalue weighted by atomic mass is 10.2. The van der Waals surface area contributed by atoms with Crippen molar-refractivity contribution in [3.63, 3.8) is 0 Å².